The van der Waals surface area contributed by atoms with Crippen LogP contribution in [-0.2, 0) is 24.9 Å². The molecule has 10 nitrogen and oxygen atoms in total. The van der Waals surface area contributed by atoms with Crippen molar-refractivity contribution in [2.24, 2.45) is 5.92 Å². The molecule has 14 heteroatoms. The molecule has 3 aromatic rings. The zero-order valence-electron chi connectivity index (χ0n) is 30.4. The molecule has 4 atom stereocenters. The molecule has 48 heavy (non-hydrogen) atoms. The zero-order chi connectivity index (χ0) is 36.0. The minimum absolute atomic E-state index is 0.0282. The van der Waals surface area contributed by atoms with Gasteiger partial charge in [-0.2, -0.15) is 0 Å². The standard InChI is InChI=1S/C34H52ClIN4O6Si2/c1-21(2)30(24-14-13-23(36)15-25(24)40(41)42)43-18-22-17-39(32-29(22)31(35)37-20-38-32)28-16-26(46-48(11,12)34(6,7)8)27(45-28)19-44-47(9,10)33(3,4)5/h13-15,17,20-21,26-28,30H,16,18-19H2,1-12H3/t26-,27-,28-,30-/m1/s1. The molecule has 0 N–H and O–H groups in total. The van der Waals surface area contributed by atoms with Crippen LogP contribution in [0.2, 0.25) is 41.4 Å². The summed E-state index contributed by atoms with van der Waals surface area (Å²) >= 11 is 8.80. The number of aromatic nitrogens is 3. The molecule has 1 fully saturated rings. The number of fused-ring (bicyclic) bond motifs is 1. The maximum Gasteiger partial charge on any atom is 0.276 e. The molecule has 0 spiro atoms. The number of nitro benzene ring substituents is 1. The smallest absolute Gasteiger partial charge is 0.276 e. The lowest BCUT2D eigenvalue weighted by Gasteiger charge is -2.40. The van der Waals surface area contributed by atoms with Crippen LogP contribution in [-0.4, -0.2) is 54.9 Å². The van der Waals surface area contributed by atoms with E-state index in [1.807, 2.05) is 30.7 Å². The average molecular weight is 831 g/mol. The SMILES string of the molecule is CC(C)[C@@H](OCc1cn([C@H]2C[C@@H](O[Si](C)(C)C(C)(C)C)[C@@H](CO[Si](C)(C)C(C)(C)C)O2)c2ncnc(Cl)c12)c1ccc(I)cc1[N+](=O)[O-]. The molecule has 0 bridgehead atoms. The third-order valence-electron chi connectivity index (χ3n) is 10.3. The fourth-order valence-electron chi connectivity index (χ4n) is 5.39. The summed E-state index contributed by atoms with van der Waals surface area (Å²) in [6.45, 7) is 27.1. The highest BCUT2D eigenvalue weighted by atomic mass is 127. The van der Waals surface area contributed by atoms with Crippen molar-refractivity contribution >= 4 is 67.5 Å². The Balaban J connectivity index is 1.68. The van der Waals surface area contributed by atoms with Crippen LogP contribution < -0.4 is 0 Å². The number of ether oxygens (including phenoxy) is 2. The molecule has 266 valence electrons. The Morgan fingerprint density at radius 3 is 2.33 bits per heavy atom. The minimum Gasteiger partial charge on any atom is -0.414 e. The largest absolute Gasteiger partial charge is 0.414 e. The van der Waals surface area contributed by atoms with Crippen molar-refractivity contribution in [2.45, 2.75) is 129 Å². The summed E-state index contributed by atoms with van der Waals surface area (Å²) < 4.78 is 29.8. The fraction of sp³-hybridized carbons (Fsp3) is 0.647. The molecular formula is C34H52ClIN4O6Si2. The van der Waals surface area contributed by atoms with E-state index in [2.05, 4.69) is 100 Å². The molecule has 1 aliphatic heterocycles. The van der Waals surface area contributed by atoms with Gasteiger partial charge >= 0.3 is 0 Å². The first-order chi connectivity index (χ1) is 22.0. The van der Waals surface area contributed by atoms with Gasteiger partial charge in [-0.25, -0.2) is 9.97 Å². The number of halogens is 2. The second-order valence-electron chi connectivity index (χ2n) is 16.2. The highest BCUT2D eigenvalue weighted by Crippen LogP contribution is 2.44. The Kier molecular flexibility index (Phi) is 12.0. The Hall–Kier alpha value is -1.47. The van der Waals surface area contributed by atoms with Crippen LogP contribution in [0.1, 0.15) is 85.3 Å². The van der Waals surface area contributed by atoms with E-state index in [1.165, 1.54) is 6.33 Å². The third-order valence-corrected chi connectivity index (χ3v) is 20.3. The van der Waals surface area contributed by atoms with Crippen LogP contribution in [0.15, 0.2) is 30.7 Å². The maximum absolute atomic E-state index is 12.0. The van der Waals surface area contributed by atoms with Crippen molar-refractivity contribution < 1.29 is 23.2 Å². The predicted octanol–water partition coefficient (Wildman–Crippen LogP) is 10.2. The minimum atomic E-state index is -2.14. The highest BCUT2D eigenvalue weighted by Gasteiger charge is 2.47. The van der Waals surface area contributed by atoms with Gasteiger partial charge < -0.3 is 22.9 Å². The van der Waals surface area contributed by atoms with Crippen LogP contribution in [0.4, 0.5) is 5.69 Å². The van der Waals surface area contributed by atoms with Crippen molar-refractivity contribution in [3.05, 3.63) is 60.7 Å². The van der Waals surface area contributed by atoms with E-state index in [4.69, 9.17) is 29.9 Å². The van der Waals surface area contributed by atoms with Crippen molar-refractivity contribution in [2.75, 3.05) is 6.61 Å². The normalized spacial score (nSPS) is 20.2. The molecule has 0 saturated carbocycles. The molecule has 1 aliphatic rings. The second-order valence-corrected chi connectivity index (χ2v) is 27.4. The van der Waals surface area contributed by atoms with Gasteiger partial charge in [0.25, 0.3) is 5.69 Å². The molecule has 3 heterocycles. The third kappa shape index (κ3) is 8.52. The Bertz CT molecular complexity index is 1620. The van der Waals surface area contributed by atoms with Gasteiger partial charge in [0.15, 0.2) is 16.6 Å². The molecular weight excluding hydrogens is 779 g/mol. The molecule has 4 rings (SSSR count). The van der Waals surface area contributed by atoms with Crippen LogP contribution in [0.5, 0.6) is 0 Å². The van der Waals surface area contributed by atoms with Gasteiger partial charge in [-0.1, -0.05) is 67.0 Å². The number of hydrogen-bond donors (Lipinski definition) is 0. The zero-order valence-corrected chi connectivity index (χ0v) is 35.3. The van der Waals surface area contributed by atoms with Gasteiger partial charge in [0.2, 0.25) is 0 Å². The molecule has 1 saturated heterocycles. The first kappa shape index (κ1) is 39.3. The van der Waals surface area contributed by atoms with Gasteiger partial charge in [0.05, 0.1) is 41.3 Å². The Labute approximate surface area is 306 Å². The van der Waals surface area contributed by atoms with Crippen LogP contribution in [0, 0.1) is 19.6 Å². The predicted molar refractivity (Wildman–Crippen MR) is 204 cm³/mol. The summed E-state index contributed by atoms with van der Waals surface area (Å²) in [5.41, 5.74) is 2.00. The number of hydrogen-bond acceptors (Lipinski definition) is 8. The van der Waals surface area contributed by atoms with E-state index in [9.17, 15) is 10.1 Å². The number of rotatable bonds is 12. The second kappa shape index (κ2) is 14.6. The lowest BCUT2D eigenvalue weighted by Crippen LogP contribution is -2.48. The number of nitrogens with zero attached hydrogens (tertiary/aromatic N) is 4. The summed E-state index contributed by atoms with van der Waals surface area (Å²) in [6.07, 6.45) is 2.71. The quantitative estimate of drug-likeness (QED) is 0.0583. The Morgan fingerprint density at radius 2 is 1.75 bits per heavy atom. The number of nitro groups is 1. The van der Waals surface area contributed by atoms with Crippen molar-refractivity contribution in [3.8, 4) is 0 Å². The summed E-state index contributed by atoms with van der Waals surface area (Å²) in [4.78, 5) is 20.5. The lowest BCUT2D eigenvalue weighted by atomic mass is 9.97. The van der Waals surface area contributed by atoms with E-state index >= 15 is 0 Å². The first-order valence-corrected chi connectivity index (χ1v) is 23.8. The average Bonchev–Trinajstić information content (AvgIpc) is 3.52. The molecule has 1 aromatic carbocycles. The summed E-state index contributed by atoms with van der Waals surface area (Å²) in [7, 11) is -4.19. The van der Waals surface area contributed by atoms with Crippen LogP contribution >= 0.6 is 34.2 Å². The molecule has 0 amide bonds. The van der Waals surface area contributed by atoms with Crippen LogP contribution in [0.3, 0.4) is 0 Å². The van der Waals surface area contributed by atoms with Gasteiger partial charge in [-0.15, -0.1) is 0 Å². The lowest BCUT2D eigenvalue weighted by molar-refractivity contribution is -0.386. The van der Waals surface area contributed by atoms with Crippen LogP contribution in [0.25, 0.3) is 11.0 Å². The van der Waals surface area contributed by atoms with Gasteiger partial charge in [-0.05, 0) is 76.9 Å². The topological polar surface area (TPSA) is 111 Å². The number of benzene rings is 1. The van der Waals surface area contributed by atoms with E-state index in [-0.39, 0.29) is 51.6 Å². The summed E-state index contributed by atoms with van der Waals surface area (Å²) in [6, 6.07) is 5.23. The maximum atomic E-state index is 12.0. The van der Waals surface area contributed by atoms with Crippen molar-refractivity contribution in [1.29, 1.82) is 0 Å². The molecule has 2 aromatic heterocycles. The van der Waals surface area contributed by atoms with Gasteiger partial charge in [0.1, 0.15) is 29.5 Å². The van der Waals surface area contributed by atoms with Gasteiger partial charge in [-0.3, -0.25) is 10.1 Å². The Morgan fingerprint density at radius 1 is 1.10 bits per heavy atom. The molecule has 0 aliphatic carbocycles. The monoisotopic (exact) mass is 830 g/mol. The van der Waals surface area contributed by atoms with E-state index in [0.29, 0.717) is 34.8 Å². The fourth-order valence-corrected chi connectivity index (χ4v) is 8.49. The molecule has 0 unspecified atom stereocenters. The van der Waals surface area contributed by atoms with Crippen molar-refractivity contribution in [3.63, 3.8) is 0 Å². The van der Waals surface area contributed by atoms with Crippen molar-refractivity contribution in [1.82, 2.24) is 14.5 Å². The summed E-state index contributed by atoms with van der Waals surface area (Å²) in [5.74, 6) is -0.0306. The van der Waals surface area contributed by atoms with E-state index in [1.54, 1.807) is 12.1 Å². The summed E-state index contributed by atoms with van der Waals surface area (Å²) in [5, 5.41) is 13.0. The van der Waals surface area contributed by atoms with E-state index < -0.39 is 22.7 Å². The first-order valence-electron chi connectivity index (χ1n) is 16.6. The van der Waals surface area contributed by atoms with Gasteiger partial charge in [0, 0.05) is 27.8 Å². The highest BCUT2D eigenvalue weighted by molar-refractivity contribution is 14.1. The van der Waals surface area contributed by atoms with E-state index in [0.717, 1.165) is 9.13 Å². The molecule has 0 radical (unpaired) electrons.